The van der Waals surface area contributed by atoms with Crippen LogP contribution >= 0.6 is 0 Å². The fourth-order valence-corrected chi connectivity index (χ4v) is 3.92. The van der Waals surface area contributed by atoms with E-state index in [-0.39, 0.29) is 6.04 Å². The van der Waals surface area contributed by atoms with Gasteiger partial charge in [0.15, 0.2) is 0 Å². The molecule has 5 nitrogen and oxygen atoms in total. The molecule has 1 aliphatic heterocycles. The van der Waals surface area contributed by atoms with Crippen LogP contribution in [0.5, 0.6) is 5.75 Å². The first kappa shape index (κ1) is 18.7. The molecule has 3 aromatic rings. The monoisotopic (exact) mass is 377 g/mol. The lowest BCUT2D eigenvalue weighted by Crippen LogP contribution is -2.36. The van der Waals surface area contributed by atoms with Crippen molar-refractivity contribution in [2.75, 3.05) is 13.1 Å². The second kappa shape index (κ2) is 8.57. The van der Waals surface area contributed by atoms with Gasteiger partial charge < -0.3 is 9.52 Å². The number of aromatic nitrogens is 2. The number of likely N-dealkylation sites (tertiary alicyclic amines) is 1. The Balaban J connectivity index is 1.29. The molecule has 0 spiro atoms. The third-order valence-corrected chi connectivity index (χ3v) is 5.79. The average Bonchev–Trinajstić information content (AvgIpc) is 3.24. The molecular weight excluding hydrogens is 350 g/mol. The molecule has 28 heavy (non-hydrogen) atoms. The van der Waals surface area contributed by atoms with Gasteiger partial charge in [-0.2, -0.15) is 0 Å². The molecule has 0 aliphatic carbocycles. The van der Waals surface area contributed by atoms with Crippen LogP contribution in [0.4, 0.5) is 0 Å². The van der Waals surface area contributed by atoms with E-state index in [0.29, 0.717) is 17.5 Å². The number of nitrogens with zero attached hydrogens (tertiary/aromatic N) is 3. The maximum atomic E-state index is 9.39. The number of phenolic OH excluding ortho intramolecular Hbond substituents is 1. The summed E-state index contributed by atoms with van der Waals surface area (Å²) in [6, 6.07) is 17.6. The van der Waals surface area contributed by atoms with Gasteiger partial charge in [0.05, 0.1) is 6.04 Å². The molecule has 0 bridgehead atoms. The minimum Gasteiger partial charge on any atom is -0.508 e. The molecule has 0 amide bonds. The molecule has 5 heteroatoms. The van der Waals surface area contributed by atoms with Crippen LogP contribution in [0.3, 0.4) is 0 Å². The predicted molar refractivity (Wildman–Crippen MR) is 109 cm³/mol. The molecule has 2 heterocycles. The summed E-state index contributed by atoms with van der Waals surface area (Å²) >= 11 is 0. The van der Waals surface area contributed by atoms with Crippen LogP contribution in [0, 0.1) is 5.92 Å². The van der Waals surface area contributed by atoms with E-state index in [1.165, 1.54) is 24.8 Å². The van der Waals surface area contributed by atoms with Crippen LogP contribution in [-0.4, -0.2) is 33.3 Å². The van der Waals surface area contributed by atoms with Gasteiger partial charge >= 0.3 is 0 Å². The summed E-state index contributed by atoms with van der Waals surface area (Å²) < 4.78 is 5.94. The lowest BCUT2D eigenvalue weighted by atomic mass is 9.90. The zero-order chi connectivity index (χ0) is 19.3. The highest BCUT2D eigenvalue weighted by Crippen LogP contribution is 2.29. The summed E-state index contributed by atoms with van der Waals surface area (Å²) in [5.74, 6) is 2.37. The highest BCUT2D eigenvalue weighted by molar-refractivity contribution is 5.51. The first-order valence-electron chi connectivity index (χ1n) is 10.1. The van der Waals surface area contributed by atoms with E-state index < -0.39 is 0 Å². The Labute approximate surface area is 166 Å². The third kappa shape index (κ3) is 4.42. The summed E-state index contributed by atoms with van der Waals surface area (Å²) in [4.78, 5) is 2.44. The highest BCUT2D eigenvalue weighted by Gasteiger charge is 2.26. The second-order valence-electron chi connectivity index (χ2n) is 7.67. The van der Waals surface area contributed by atoms with Crippen molar-refractivity contribution >= 4 is 0 Å². The zero-order valence-electron chi connectivity index (χ0n) is 16.3. The van der Waals surface area contributed by atoms with Crippen molar-refractivity contribution in [1.29, 1.82) is 0 Å². The zero-order valence-corrected chi connectivity index (χ0v) is 16.3. The van der Waals surface area contributed by atoms with Crippen LogP contribution in [0.1, 0.15) is 43.7 Å². The Morgan fingerprint density at radius 1 is 1.04 bits per heavy atom. The number of aryl methyl sites for hydroxylation is 1. The minimum absolute atomic E-state index is 0.142. The van der Waals surface area contributed by atoms with E-state index in [4.69, 9.17) is 4.42 Å². The van der Waals surface area contributed by atoms with Crippen LogP contribution in [0.15, 0.2) is 59.0 Å². The molecule has 1 atom stereocenters. The first-order valence-corrected chi connectivity index (χ1v) is 10.1. The van der Waals surface area contributed by atoms with E-state index in [1.54, 1.807) is 12.1 Å². The highest BCUT2D eigenvalue weighted by atomic mass is 16.4. The molecule has 1 N–H and O–H groups in total. The van der Waals surface area contributed by atoms with Gasteiger partial charge in [0.25, 0.3) is 0 Å². The summed E-state index contributed by atoms with van der Waals surface area (Å²) in [6.45, 7) is 4.27. The maximum Gasteiger partial charge on any atom is 0.247 e. The van der Waals surface area contributed by atoms with E-state index in [2.05, 4.69) is 22.0 Å². The Morgan fingerprint density at radius 2 is 1.75 bits per heavy atom. The normalized spacial score (nSPS) is 16.9. The SMILES string of the molecule is CC(c1nnc(-c2ccccc2)o1)N1CCC(CCc2ccc(O)cc2)CC1. The van der Waals surface area contributed by atoms with E-state index in [0.717, 1.165) is 31.0 Å². The number of phenols is 1. The van der Waals surface area contributed by atoms with Crippen molar-refractivity contribution in [3.05, 3.63) is 66.1 Å². The van der Waals surface area contributed by atoms with Crippen molar-refractivity contribution in [1.82, 2.24) is 15.1 Å². The van der Waals surface area contributed by atoms with Crippen molar-refractivity contribution in [3.63, 3.8) is 0 Å². The summed E-state index contributed by atoms with van der Waals surface area (Å²) in [7, 11) is 0. The molecule has 4 rings (SSSR count). The number of benzene rings is 2. The quantitative estimate of drug-likeness (QED) is 0.665. The fraction of sp³-hybridized carbons (Fsp3) is 0.391. The van der Waals surface area contributed by atoms with Gasteiger partial charge in [-0.3, -0.25) is 4.90 Å². The molecule has 1 saturated heterocycles. The standard InChI is InChI=1S/C23H27N3O2/c1-17(22-24-25-23(28-22)20-5-3-2-4-6-20)26-15-13-19(14-16-26)8-7-18-9-11-21(27)12-10-18/h2-6,9-12,17,19,27H,7-8,13-16H2,1H3. The van der Waals surface area contributed by atoms with Crippen molar-refractivity contribution in [2.24, 2.45) is 5.92 Å². The lowest BCUT2D eigenvalue weighted by molar-refractivity contribution is 0.122. The van der Waals surface area contributed by atoms with Crippen molar-refractivity contribution < 1.29 is 9.52 Å². The number of hydrogen-bond donors (Lipinski definition) is 1. The van der Waals surface area contributed by atoms with Crippen LogP contribution in [0.2, 0.25) is 0 Å². The maximum absolute atomic E-state index is 9.39. The number of rotatable bonds is 6. The van der Waals surface area contributed by atoms with Gasteiger partial charge in [-0.05, 0) is 81.4 Å². The van der Waals surface area contributed by atoms with Gasteiger partial charge in [0.1, 0.15) is 5.75 Å². The Kier molecular flexibility index (Phi) is 5.72. The third-order valence-electron chi connectivity index (χ3n) is 5.79. The molecule has 1 aromatic heterocycles. The van der Waals surface area contributed by atoms with Crippen molar-refractivity contribution in [3.8, 4) is 17.2 Å². The average molecular weight is 377 g/mol. The van der Waals surface area contributed by atoms with E-state index in [1.807, 2.05) is 42.5 Å². The Bertz CT molecular complexity index is 868. The van der Waals surface area contributed by atoms with Crippen molar-refractivity contribution in [2.45, 2.75) is 38.6 Å². The van der Waals surface area contributed by atoms with Gasteiger partial charge in [-0.1, -0.05) is 30.3 Å². The second-order valence-corrected chi connectivity index (χ2v) is 7.67. The number of hydrogen-bond acceptors (Lipinski definition) is 5. The smallest absolute Gasteiger partial charge is 0.247 e. The molecule has 0 radical (unpaired) electrons. The number of aromatic hydroxyl groups is 1. The molecule has 0 saturated carbocycles. The molecule has 1 fully saturated rings. The van der Waals surface area contributed by atoms with Crippen LogP contribution < -0.4 is 0 Å². The molecule has 1 aliphatic rings. The van der Waals surface area contributed by atoms with E-state index in [9.17, 15) is 5.11 Å². The summed E-state index contributed by atoms with van der Waals surface area (Å²) in [5.41, 5.74) is 2.26. The van der Waals surface area contributed by atoms with Gasteiger partial charge in [-0.15, -0.1) is 10.2 Å². The lowest BCUT2D eigenvalue weighted by Gasteiger charge is -2.34. The molecule has 1 unspecified atom stereocenters. The fourth-order valence-electron chi connectivity index (χ4n) is 3.92. The van der Waals surface area contributed by atoms with Gasteiger partial charge in [-0.25, -0.2) is 0 Å². The van der Waals surface area contributed by atoms with E-state index >= 15 is 0 Å². The van der Waals surface area contributed by atoms with Gasteiger partial charge in [0, 0.05) is 5.56 Å². The van der Waals surface area contributed by atoms with Crippen LogP contribution in [0.25, 0.3) is 11.5 Å². The predicted octanol–water partition coefficient (Wildman–Crippen LogP) is 4.85. The first-order chi connectivity index (χ1) is 13.7. The molecule has 146 valence electrons. The Hall–Kier alpha value is -2.66. The topological polar surface area (TPSA) is 62.4 Å². The van der Waals surface area contributed by atoms with Gasteiger partial charge in [0.2, 0.25) is 11.8 Å². The summed E-state index contributed by atoms with van der Waals surface area (Å²) in [6.07, 6.45) is 4.67. The van der Waals surface area contributed by atoms with Crippen LogP contribution in [-0.2, 0) is 6.42 Å². The molecular formula is C23H27N3O2. The molecule has 2 aromatic carbocycles. The largest absolute Gasteiger partial charge is 0.508 e. The summed E-state index contributed by atoms with van der Waals surface area (Å²) in [5, 5.41) is 17.9. The Morgan fingerprint density at radius 3 is 2.46 bits per heavy atom. The number of piperidine rings is 1. The minimum atomic E-state index is 0.142.